The molecule has 1 aliphatic carbocycles. The summed E-state index contributed by atoms with van der Waals surface area (Å²) < 4.78 is 4.82. The van der Waals surface area contributed by atoms with Gasteiger partial charge in [0.25, 0.3) is 0 Å². The van der Waals surface area contributed by atoms with Crippen molar-refractivity contribution in [1.82, 2.24) is 0 Å². The number of hydrogen-bond acceptors (Lipinski definition) is 3. The molecule has 0 radical (unpaired) electrons. The third-order valence-electron chi connectivity index (χ3n) is 3.84. The van der Waals surface area contributed by atoms with Gasteiger partial charge in [-0.25, -0.2) is 4.79 Å². The fourth-order valence-corrected chi connectivity index (χ4v) is 2.72. The van der Waals surface area contributed by atoms with Gasteiger partial charge in [-0.3, -0.25) is 4.79 Å². The maximum Gasteiger partial charge on any atom is 0.330 e. The van der Waals surface area contributed by atoms with Gasteiger partial charge in [0.2, 0.25) is 5.91 Å². The van der Waals surface area contributed by atoms with Crippen LogP contribution in [-0.4, -0.2) is 18.5 Å². The van der Waals surface area contributed by atoms with Gasteiger partial charge in [-0.2, -0.15) is 0 Å². The van der Waals surface area contributed by atoms with Crippen molar-refractivity contribution in [1.29, 1.82) is 0 Å². The minimum absolute atomic E-state index is 0.0849. The minimum Gasteiger partial charge on any atom is -0.463 e. The summed E-state index contributed by atoms with van der Waals surface area (Å²) in [4.78, 5) is 23.2. The average Bonchev–Trinajstić information content (AvgIpc) is 2.99. The third-order valence-corrected chi connectivity index (χ3v) is 3.84. The van der Waals surface area contributed by atoms with Gasteiger partial charge in [0.05, 0.1) is 6.61 Å². The van der Waals surface area contributed by atoms with Crippen molar-refractivity contribution in [2.75, 3.05) is 11.9 Å². The van der Waals surface area contributed by atoms with Gasteiger partial charge in [0.15, 0.2) is 0 Å². The number of ether oxygens (including phenoxy) is 1. The van der Waals surface area contributed by atoms with Crippen LogP contribution in [0.3, 0.4) is 0 Å². The molecule has 0 bridgehead atoms. The summed E-state index contributed by atoms with van der Waals surface area (Å²) >= 11 is 0. The molecule has 1 amide bonds. The normalized spacial score (nSPS) is 15.1. The highest BCUT2D eigenvalue weighted by molar-refractivity contribution is 5.91. The molecule has 22 heavy (non-hydrogen) atoms. The second-order valence-corrected chi connectivity index (χ2v) is 5.61. The topological polar surface area (TPSA) is 55.4 Å². The number of rotatable bonds is 6. The summed E-state index contributed by atoms with van der Waals surface area (Å²) in [7, 11) is 0. The van der Waals surface area contributed by atoms with Crippen LogP contribution in [-0.2, 0) is 14.3 Å². The van der Waals surface area contributed by atoms with Crippen molar-refractivity contribution in [2.24, 2.45) is 5.92 Å². The quantitative estimate of drug-likeness (QED) is 0.642. The van der Waals surface area contributed by atoms with Crippen LogP contribution in [0.15, 0.2) is 30.3 Å². The van der Waals surface area contributed by atoms with E-state index in [1.54, 1.807) is 13.0 Å². The zero-order chi connectivity index (χ0) is 15.8. The van der Waals surface area contributed by atoms with E-state index in [1.807, 2.05) is 24.3 Å². The summed E-state index contributed by atoms with van der Waals surface area (Å²) in [6.07, 6.45) is 8.55. The van der Waals surface area contributed by atoms with E-state index in [9.17, 15) is 9.59 Å². The van der Waals surface area contributed by atoms with Crippen LogP contribution in [0, 0.1) is 5.92 Å². The van der Waals surface area contributed by atoms with Gasteiger partial charge < -0.3 is 10.1 Å². The highest BCUT2D eigenvalue weighted by Crippen LogP contribution is 2.27. The molecule has 0 saturated heterocycles. The second-order valence-electron chi connectivity index (χ2n) is 5.61. The van der Waals surface area contributed by atoms with Gasteiger partial charge in [-0.05, 0) is 49.5 Å². The van der Waals surface area contributed by atoms with Crippen LogP contribution in [0.25, 0.3) is 6.08 Å². The van der Waals surface area contributed by atoms with E-state index in [1.165, 1.54) is 31.8 Å². The maximum atomic E-state index is 12.0. The van der Waals surface area contributed by atoms with Crippen LogP contribution in [0.5, 0.6) is 0 Å². The van der Waals surface area contributed by atoms with Crippen molar-refractivity contribution in [2.45, 2.75) is 39.0 Å². The van der Waals surface area contributed by atoms with E-state index in [0.717, 1.165) is 11.3 Å². The van der Waals surface area contributed by atoms with Gasteiger partial charge >= 0.3 is 5.97 Å². The molecule has 1 aromatic carbocycles. The molecule has 0 heterocycles. The number of esters is 1. The molecule has 0 unspecified atom stereocenters. The van der Waals surface area contributed by atoms with E-state index >= 15 is 0 Å². The molecule has 1 aromatic rings. The Balaban J connectivity index is 1.83. The van der Waals surface area contributed by atoms with Crippen LogP contribution >= 0.6 is 0 Å². The van der Waals surface area contributed by atoms with Crippen molar-refractivity contribution < 1.29 is 14.3 Å². The number of amides is 1. The van der Waals surface area contributed by atoms with Gasteiger partial charge in [0.1, 0.15) is 0 Å². The van der Waals surface area contributed by atoms with Gasteiger partial charge in [-0.1, -0.05) is 25.0 Å². The molecule has 2 rings (SSSR count). The summed E-state index contributed by atoms with van der Waals surface area (Å²) in [6.45, 7) is 2.14. The maximum absolute atomic E-state index is 12.0. The first-order chi connectivity index (χ1) is 10.7. The number of carbonyl (C=O) groups excluding carboxylic acids is 2. The average molecular weight is 301 g/mol. The lowest BCUT2D eigenvalue weighted by Gasteiger charge is -2.09. The zero-order valence-corrected chi connectivity index (χ0v) is 13.0. The van der Waals surface area contributed by atoms with E-state index in [2.05, 4.69) is 5.32 Å². The Labute approximate surface area is 131 Å². The number of anilines is 1. The van der Waals surface area contributed by atoms with Crippen LogP contribution in [0.2, 0.25) is 0 Å². The molecule has 4 heteroatoms. The second kappa shape index (κ2) is 8.37. The molecule has 1 fully saturated rings. The number of carbonyl (C=O) groups is 2. The van der Waals surface area contributed by atoms with Crippen molar-refractivity contribution in [3.63, 3.8) is 0 Å². The van der Waals surface area contributed by atoms with Gasteiger partial charge in [-0.15, -0.1) is 0 Å². The lowest BCUT2D eigenvalue weighted by Crippen LogP contribution is -2.14. The first-order valence-corrected chi connectivity index (χ1v) is 7.92. The van der Waals surface area contributed by atoms with E-state index < -0.39 is 0 Å². The fourth-order valence-electron chi connectivity index (χ4n) is 2.72. The van der Waals surface area contributed by atoms with Crippen molar-refractivity contribution >= 4 is 23.6 Å². The molecule has 0 atom stereocenters. The Morgan fingerprint density at radius 1 is 1.23 bits per heavy atom. The minimum atomic E-state index is -0.351. The molecule has 1 saturated carbocycles. The molecule has 118 valence electrons. The van der Waals surface area contributed by atoms with Crippen molar-refractivity contribution in [3.8, 4) is 0 Å². The molecule has 0 aromatic heterocycles. The molecule has 4 nitrogen and oxygen atoms in total. The standard InChI is InChI=1S/C18H23NO3/c1-2-22-18(21)12-9-14-7-10-16(11-8-14)19-17(20)13-15-5-3-4-6-15/h7-12,15H,2-6,13H2,1H3,(H,19,20)/b12-9+. The van der Waals surface area contributed by atoms with Crippen LogP contribution in [0.1, 0.15) is 44.6 Å². The SMILES string of the molecule is CCOC(=O)/C=C/c1ccc(NC(=O)CC2CCCC2)cc1. The predicted octanol–water partition coefficient (Wildman–Crippen LogP) is 3.78. The van der Waals surface area contributed by atoms with Gasteiger partial charge in [0, 0.05) is 18.2 Å². The van der Waals surface area contributed by atoms with Crippen LogP contribution in [0.4, 0.5) is 5.69 Å². The monoisotopic (exact) mass is 301 g/mol. The molecular weight excluding hydrogens is 278 g/mol. The molecule has 1 aliphatic rings. The van der Waals surface area contributed by atoms with E-state index in [0.29, 0.717) is 18.9 Å². The summed E-state index contributed by atoms with van der Waals surface area (Å²) in [5, 5.41) is 2.93. The lowest BCUT2D eigenvalue weighted by atomic mass is 10.0. The third kappa shape index (κ3) is 5.35. The number of nitrogens with one attached hydrogen (secondary N) is 1. The number of hydrogen-bond donors (Lipinski definition) is 1. The van der Waals surface area contributed by atoms with E-state index in [4.69, 9.17) is 4.74 Å². The summed E-state index contributed by atoms with van der Waals surface area (Å²) in [5.74, 6) is 0.282. The Bertz CT molecular complexity index is 528. The fraction of sp³-hybridized carbons (Fsp3) is 0.444. The van der Waals surface area contributed by atoms with Crippen molar-refractivity contribution in [3.05, 3.63) is 35.9 Å². The smallest absolute Gasteiger partial charge is 0.330 e. The predicted molar refractivity (Wildman–Crippen MR) is 87.3 cm³/mol. The molecule has 1 N–H and O–H groups in total. The summed E-state index contributed by atoms with van der Waals surface area (Å²) in [6, 6.07) is 7.41. The Hall–Kier alpha value is -2.10. The Morgan fingerprint density at radius 3 is 2.55 bits per heavy atom. The highest BCUT2D eigenvalue weighted by atomic mass is 16.5. The molecular formula is C18H23NO3. The Kier molecular flexibility index (Phi) is 6.19. The first-order valence-electron chi connectivity index (χ1n) is 7.92. The zero-order valence-electron chi connectivity index (χ0n) is 13.0. The molecule has 0 aliphatic heterocycles. The Morgan fingerprint density at radius 2 is 1.91 bits per heavy atom. The molecule has 0 spiro atoms. The highest BCUT2D eigenvalue weighted by Gasteiger charge is 2.18. The first kappa shape index (κ1) is 16.3. The van der Waals surface area contributed by atoms with Crippen LogP contribution < -0.4 is 5.32 Å². The number of benzene rings is 1. The van der Waals surface area contributed by atoms with E-state index in [-0.39, 0.29) is 11.9 Å². The lowest BCUT2D eigenvalue weighted by molar-refractivity contribution is -0.137. The summed E-state index contributed by atoms with van der Waals surface area (Å²) in [5.41, 5.74) is 1.68. The largest absolute Gasteiger partial charge is 0.463 e.